The summed E-state index contributed by atoms with van der Waals surface area (Å²) >= 11 is 0. The zero-order valence-electron chi connectivity index (χ0n) is 20.0. The highest BCUT2D eigenvalue weighted by atomic mass is 16.5. The summed E-state index contributed by atoms with van der Waals surface area (Å²) in [5.74, 6) is 0.126. The largest absolute Gasteiger partial charge is 0.493 e. The van der Waals surface area contributed by atoms with Gasteiger partial charge >= 0.3 is 0 Å². The normalized spacial score (nSPS) is 15.3. The molecule has 2 aromatic rings. The number of amides is 3. The van der Waals surface area contributed by atoms with Gasteiger partial charge in [0.2, 0.25) is 11.8 Å². The van der Waals surface area contributed by atoms with Crippen LogP contribution in [0.3, 0.4) is 0 Å². The van der Waals surface area contributed by atoms with Crippen LogP contribution in [-0.2, 0) is 27.3 Å². The van der Waals surface area contributed by atoms with Gasteiger partial charge in [-0.2, -0.15) is 0 Å². The van der Waals surface area contributed by atoms with Crippen LogP contribution >= 0.6 is 0 Å². The first-order chi connectivity index (χ1) is 17.0. The summed E-state index contributed by atoms with van der Waals surface area (Å²) in [5.41, 5.74) is 3.45. The summed E-state index contributed by atoms with van der Waals surface area (Å²) < 4.78 is 5.99. The molecule has 0 spiro atoms. The summed E-state index contributed by atoms with van der Waals surface area (Å²) in [6, 6.07) is 12.6. The van der Waals surface area contributed by atoms with Gasteiger partial charge in [0.05, 0.1) is 13.2 Å². The molecule has 1 unspecified atom stereocenters. The molecular formula is C27H31N3O5. The lowest BCUT2D eigenvalue weighted by molar-refractivity contribution is -0.125. The molecule has 0 saturated heterocycles. The van der Waals surface area contributed by atoms with E-state index < -0.39 is 6.04 Å². The zero-order valence-corrected chi connectivity index (χ0v) is 20.0. The highest BCUT2D eigenvalue weighted by molar-refractivity contribution is 6.01. The van der Waals surface area contributed by atoms with Gasteiger partial charge in [0, 0.05) is 43.2 Å². The Hall–Kier alpha value is -3.68. The quantitative estimate of drug-likeness (QED) is 0.419. The van der Waals surface area contributed by atoms with Crippen molar-refractivity contribution in [2.45, 2.75) is 51.1 Å². The Labute approximate surface area is 205 Å². The molecule has 2 aliphatic rings. The van der Waals surface area contributed by atoms with E-state index in [1.54, 1.807) is 18.2 Å². The lowest BCUT2D eigenvalue weighted by Crippen LogP contribution is -2.46. The van der Waals surface area contributed by atoms with Crippen LogP contribution in [0.2, 0.25) is 0 Å². The number of rotatable bonds is 10. The number of hydrogen-bond acceptors (Lipinski definition) is 5. The van der Waals surface area contributed by atoms with E-state index in [0.717, 1.165) is 36.9 Å². The average Bonchev–Trinajstić information content (AvgIpc) is 3.23. The number of aryl methyl sites for hydroxylation is 1. The number of para-hydroxylation sites is 1. The molecule has 0 saturated carbocycles. The second kappa shape index (κ2) is 11.2. The maximum atomic E-state index is 13.0. The van der Waals surface area contributed by atoms with E-state index in [1.165, 1.54) is 17.5 Å². The number of aldehydes is 1. The van der Waals surface area contributed by atoms with Crippen molar-refractivity contribution in [1.29, 1.82) is 0 Å². The Kier molecular flexibility index (Phi) is 7.80. The Morgan fingerprint density at radius 2 is 2.00 bits per heavy atom. The molecule has 1 N–H and O–H groups in total. The molecular weight excluding hydrogens is 446 g/mol. The van der Waals surface area contributed by atoms with Gasteiger partial charge in [-0.05, 0) is 49.4 Å². The van der Waals surface area contributed by atoms with Crippen LogP contribution in [0.4, 0.5) is 5.69 Å². The molecule has 2 aromatic carbocycles. The standard InChI is InChI=1S/C27H31N3O5/c1-28-26(33)23(12-6-16-31)30-18-21-20(27(30)34)10-4-13-24(21)35-17-7-14-25(32)29-15-5-9-19-8-2-3-11-22(19)29/h2-4,8,10-11,13,16,23H,5-7,9,12,14-15,17-18H2,1H3,(H,28,33). The maximum Gasteiger partial charge on any atom is 0.255 e. The summed E-state index contributed by atoms with van der Waals surface area (Å²) in [6.07, 6.45) is 4.09. The maximum absolute atomic E-state index is 13.0. The van der Waals surface area contributed by atoms with E-state index in [0.29, 0.717) is 30.8 Å². The second-order valence-electron chi connectivity index (χ2n) is 8.82. The number of anilines is 1. The number of carbonyl (C=O) groups excluding carboxylic acids is 4. The Balaban J connectivity index is 1.36. The van der Waals surface area contributed by atoms with E-state index in [4.69, 9.17) is 4.74 Å². The Bertz CT molecular complexity index is 1120. The third-order valence-corrected chi connectivity index (χ3v) is 6.64. The average molecular weight is 478 g/mol. The van der Waals surface area contributed by atoms with E-state index in [1.807, 2.05) is 23.1 Å². The van der Waals surface area contributed by atoms with Crippen LogP contribution in [0.25, 0.3) is 0 Å². The molecule has 0 bridgehead atoms. The first kappa shape index (κ1) is 24.4. The fourth-order valence-corrected chi connectivity index (χ4v) is 4.87. The first-order valence-corrected chi connectivity index (χ1v) is 12.1. The SMILES string of the molecule is CNC(=O)C(CCC=O)N1Cc2c(OCCCC(=O)N3CCCc4ccccc43)cccc2C1=O. The third-order valence-electron chi connectivity index (χ3n) is 6.64. The molecule has 0 aromatic heterocycles. The lowest BCUT2D eigenvalue weighted by Gasteiger charge is -2.29. The summed E-state index contributed by atoms with van der Waals surface area (Å²) in [5, 5.41) is 2.58. The van der Waals surface area contributed by atoms with Crippen LogP contribution in [0.15, 0.2) is 42.5 Å². The molecule has 1 atom stereocenters. The lowest BCUT2D eigenvalue weighted by atomic mass is 10.0. The number of fused-ring (bicyclic) bond motifs is 2. The molecule has 8 nitrogen and oxygen atoms in total. The Morgan fingerprint density at radius 3 is 2.80 bits per heavy atom. The predicted octanol–water partition coefficient (Wildman–Crippen LogP) is 2.87. The second-order valence-corrected chi connectivity index (χ2v) is 8.82. The Morgan fingerprint density at radius 1 is 1.17 bits per heavy atom. The first-order valence-electron chi connectivity index (χ1n) is 12.1. The van der Waals surface area contributed by atoms with Crippen molar-refractivity contribution in [3.05, 3.63) is 59.2 Å². The number of nitrogens with one attached hydrogen (secondary N) is 1. The molecule has 2 heterocycles. The summed E-state index contributed by atoms with van der Waals surface area (Å²) in [4.78, 5) is 52.5. The summed E-state index contributed by atoms with van der Waals surface area (Å²) in [6.45, 7) is 1.32. The topological polar surface area (TPSA) is 96.0 Å². The number of ether oxygens (including phenoxy) is 1. The van der Waals surface area contributed by atoms with E-state index in [9.17, 15) is 19.2 Å². The number of nitrogens with zero attached hydrogens (tertiary/aromatic N) is 2. The van der Waals surface area contributed by atoms with E-state index in [2.05, 4.69) is 11.4 Å². The molecule has 35 heavy (non-hydrogen) atoms. The fraction of sp³-hybridized carbons (Fsp3) is 0.407. The van der Waals surface area contributed by atoms with Crippen molar-refractivity contribution in [1.82, 2.24) is 10.2 Å². The molecule has 0 aliphatic carbocycles. The van der Waals surface area contributed by atoms with Crippen molar-refractivity contribution in [2.75, 3.05) is 25.1 Å². The van der Waals surface area contributed by atoms with E-state index in [-0.39, 0.29) is 37.1 Å². The van der Waals surface area contributed by atoms with Gasteiger partial charge in [0.15, 0.2) is 0 Å². The van der Waals surface area contributed by atoms with Gasteiger partial charge in [0.1, 0.15) is 18.1 Å². The highest BCUT2D eigenvalue weighted by Crippen LogP contribution is 2.33. The fourth-order valence-electron chi connectivity index (χ4n) is 4.87. The van der Waals surface area contributed by atoms with Crippen molar-refractivity contribution >= 4 is 29.7 Å². The van der Waals surface area contributed by atoms with Crippen LogP contribution in [0.1, 0.15) is 53.6 Å². The smallest absolute Gasteiger partial charge is 0.255 e. The van der Waals surface area contributed by atoms with Gasteiger partial charge in [-0.15, -0.1) is 0 Å². The van der Waals surface area contributed by atoms with Gasteiger partial charge in [-0.1, -0.05) is 24.3 Å². The molecule has 3 amide bonds. The van der Waals surface area contributed by atoms with Crippen LogP contribution < -0.4 is 15.0 Å². The number of likely N-dealkylation sites (N-methyl/N-ethyl adjacent to an activating group) is 1. The predicted molar refractivity (Wildman–Crippen MR) is 131 cm³/mol. The molecule has 184 valence electrons. The van der Waals surface area contributed by atoms with Crippen LogP contribution in [0, 0.1) is 0 Å². The monoisotopic (exact) mass is 477 g/mol. The minimum Gasteiger partial charge on any atom is -0.493 e. The van der Waals surface area contributed by atoms with Gasteiger partial charge in [-0.25, -0.2) is 0 Å². The minimum atomic E-state index is -0.719. The van der Waals surface area contributed by atoms with Crippen molar-refractivity contribution in [2.24, 2.45) is 0 Å². The zero-order chi connectivity index (χ0) is 24.8. The number of benzene rings is 2. The molecule has 0 fully saturated rings. The van der Waals surface area contributed by atoms with Crippen LogP contribution in [-0.4, -0.2) is 55.1 Å². The summed E-state index contributed by atoms with van der Waals surface area (Å²) in [7, 11) is 1.52. The van der Waals surface area contributed by atoms with E-state index >= 15 is 0 Å². The van der Waals surface area contributed by atoms with Gasteiger partial charge in [0.25, 0.3) is 5.91 Å². The van der Waals surface area contributed by atoms with Gasteiger partial charge < -0.3 is 24.6 Å². The minimum absolute atomic E-state index is 0.0870. The van der Waals surface area contributed by atoms with Gasteiger partial charge in [-0.3, -0.25) is 14.4 Å². The van der Waals surface area contributed by atoms with Crippen LogP contribution in [0.5, 0.6) is 5.75 Å². The number of carbonyl (C=O) groups is 4. The molecule has 2 aliphatic heterocycles. The third kappa shape index (κ3) is 5.21. The highest BCUT2D eigenvalue weighted by Gasteiger charge is 2.37. The molecule has 0 radical (unpaired) electrons. The molecule has 4 rings (SSSR count). The molecule has 8 heteroatoms. The van der Waals surface area contributed by atoms with Crippen molar-refractivity contribution in [3.8, 4) is 5.75 Å². The van der Waals surface area contributed by atoms with Crippen molar-refractivity contribution < 1.29 is 23.9 Å². The van der Waals surface area contributed by atoms with Crippen molar-refractivity contribution in [3.63, 3.8) is 0 Å². The number of hydrogen-bond donors (Lipinski definition) is 1.